The number of hydrogen-bond acceptors (Lipinski definition) is 3. The van der Waals surface area contributed by atoms with Crippen molar-refractivity contribution in [2.75, 3.05) is 5.73 Å². The summed E-state index contributed by atoms with van der Waals surface area (Å²) in [5.74, 6) is 0.638. The molecule has 0 aliphatic rings. The van der Waals surface area contributed by atoms with Crippen LogP contribution in [0.3, 0.4) is 0 Å². The van der Waals surface area contributed by atoms with Gasteiger partial charge >= 0.3 is 0 Å². The third kappa shape index (κ3) is 2.38. The maximum absolute atomic E-state index is 9.66. The van der Waals surface area contributed by atoms with Gasteiger partial charge in [0, 0.05) is 5.69 Å². The summed E-state index contributed by atoms with van der Waals surface area (Å²) < 4.78 is 2.03. The van der Waals surface area contributed by atoms with Crippen LogP contribution in [0, 0.1) is 0 Å². The normalized spacial score (nSPS) is 11.1. The molecule has 21 heavy (non-hydrogen) atoms. The van der Waals surface area contributed by atoms with E-state index in [0.29, 0.717) is 11.5 Å². The highest BCUT2D eigenvalue weighted by molar-refractivity contribution is 5.81. The molecule has 3 N–H and O–H groups in total. The molecule has 0 unspecified atom stereocenters. The number of nitrogen functional groups attached to an aromatic ring is 1. The number of aliphatic hydroxyl groups excluding tert-OH is 1. The van der Waals surface area contributed by atoms with Gasteiger partial charge in [-0.1, -0.05) is 31.5 Å². The molecule has 108 valence electrons. The summed E-state index contributed by atoms with van der Waals surface area (Å²) in [6.45, 7) is 2.06. The predicted molar refractivity (Wildman–Crippen MR) is 85.4 cm³/mol. The number of aliphatic hydroxyl groups is 1. The fourth-order valence-corrected chi connectivity index (χ4v) is 2.73. The first-order valence-corrected chi connectivity index (χ1v) is 7.20. The van der Waals surface area contributed by atoms with Crippen molar-refractivity contribution in [1.29, 1.82) is 0 Å². The van der Waals surface area contributed by atoms with Crippen molar-refractivity contribution >= 4 is 16.7 Å². The molecule has 4 nitrogen and oxygen atoms in total. The summed E-state index contributed by atoms with van der Waals surface area (Å²) in [7, 11) is 0. The highest BCUT2D eigenvalue weighted by Crippen LogP contribution is 2.26. The molecule has 0 spiro atoms. The Morgan fingerprint density at radius 2 is 2.00 bits per heavy atom. The van der Waals surface area contributed by atoms with Crippen LogP contribution >= 0.6 is 0 Å². The average molecular weight is 281 g/mol. The van der Waals surface area contributed by atoms with Gasteiger partial charge in [-0.3, -0.25) is 4.57 Å². The number of nitrogens with zero attached hydrogens (tertiary/aromatic N) is 2. The van der Waals surface area contributed by atoms with Crippen molar-refractivity contribution in [3.8, 4) is 5.69 Å². The van der Waals surface area contributed by atoms with Crippen molar-refractivity contribution in [3.05, 3.63) is 53.9 Å². The second kappa shape index (κ2) is 5.58. The summed E-state index contributed by atoms with van der Waals surface area (Å²) in [4.78, 5) is 4.50. The standard InChI is InChI=1S/C17H19N3O/c1-2-5-12-6-3-4-7-15(12)20-16-9-8-13(18)10-14(16)19-17(20)11-21/h3-4,6-10,21H,2,5,11,18H2,1H3. The monoisotopic (exact) mass is 281 g/mol. The first-order valence-electron chi connectivity index (χ1n) is 7.20. The number of aryl methyl sites for hydroxylation is 1. The molecule has 2 aromatic carbocycles. The van der Waals surface area contributed by atoms with E-state index < -0.39 is 0 Å². The Kier molecular flexibility index (Phi) is 3.62. The molecule has 0 amide bonds. The maximum Gasteiger partial charge on any atom is 0.140 e. The Balaban J connectivity index is 2.29. The Morgan fingerprint density at radius 1 is 1.19 bits per heavy atom. The van der Waals surface area contributed by atoms with Crippen molar-refractivity contribution in [2.24, 2.45) is 0 Å². The van der Waals surface area contributed by atoms with Gasteiger partial charge in [0.15, 0.2) is 0 Å². The van der Waals surface area contributed by atoms with E-state index in [1.54, 1.807) is 0 Å². The number of fused-ring (bicyclic) bond motifs is 1. The third-order valence-corrected chi connectivity index (χ3v) is 3.64. The molecule has 0 bridgehead atoms. The molecule has 0 atom stereocenters. The number of aromatic nitrogens is 2. The number of anilines is 1. The molecule has 0 aliphatic carbocycles. The number of hydrogen-bond donors (Lipinski definition) is 2. The average Bonchev–Trinajstić information content (AvgIpc) is 2.85. The van der Waals surface area contributed by atoms with Crippen LogP contribution in [0.25, 0.3) is 16.7 Å². The van der Waals surface area contributed by atoms with Crippen molar-refractivity contribution in [3.63, 3.8) is 0 Å². The highest BCUT2D eigenvalue weighted by Gasteiger charge is 2.14. The number of rotatable bonds is 4. The highest BCUT2D eigenvalue weighted by atomic mass is 16.3. The summed E-state index contributed by atoms with van der Waals surface area (Å²) in [6, 6.07) is 13.9. The molecule has 1 aromatic heterocycles. The lowest BCUT2D eigenvalue weighted by Gasteiger charge is -2.13. The van der Waals surface area contributed by atoms with Crippen LogP contribution in [-0.4, -0.2) is 14.7 Å². The van der Waals surface area contributed by atoms with Crippen LogP contribution in [0.15, 0.2) is 42.5 Å². The predicted octanol–water partition coefficient (Wildman–Crippen LogP) is 3.05. The van der Waals surface area contributed by atoms with Gasteiger partial charge in [-0.25, -0.2) is 4.98 Å². The van der Waals surface area contributed by atoms with Crippen molar-refractivity contribution in [2.45, 2.75) is 26.4 Å². The first-order chi connectivity index (χ1) is 10.2. The molecule has 4 heteroatoms. The van der Waals surface area contributed by atoms with Gasteiger partial charge in [0.25, 0.3) is 0 Å². The fourth-order valence-electron chi connectivity index (χ4n) is 2.73. The van der Waals surface area contributed by atoms with Crippen LogP contribution in [0.4, 0.5) is 5.69 Å². The minimum atomic E-state index is -0.102. The number of benzene rings is 2. The van der Waals surface area contributed by atoms with Gasteiger partial charge in [0.05, 0.1) is 16.7 Å². The van der Waals surface area contributed by atoms with Crippen LogP contribution in [0.5, 0.6) is 0 Å². The molecule has 3 rings (SSSR count). The smallest absolute Gasteiger partial charge is 0.140 e. The molecule has 0 saturated carbocycles. The molecular formula is C17H19N3O. The molecule has 0 saturated heterocycles. The Hall–Kier alpha value is -2.33. The lowest BCUT2D eigenvalue weighted by molar-refractivity contribution is 0.270. The van der Waals surface area contributed by atoms with Gasteiger partial charge in [-0.05, 0) is 36.2 Å². The van der Waals surface area contributed by atoms with Gasteiger partial charge < -0.3 is 10.8 Å². The van der Waals surface area contributed by atoms with E-state index in [-0.39, 0.29) is 6.61 Å². The van der Waals surface area contributed by atoms with Crippen molar-refractivity contribution in [1.82, 2.24) is 9.55 Å². The lowest BCUT2D eigenvalue weighted by atomic mass is 10.1. The van der Waals surface area contributed by atoms with E-state index in [1.807, 2.05) is 34.9 Å². The summed E-state index contributed by atoms with van der Waals surface area (Å²) in [5.41, 5.74) is 10.6. The Bertz CT molecular complexity index is 777. The minimum absolute atomic E-state index is 0.102. The summed E-state index contributed by atoms with van der Waals surface area (Å²) in [5, 5.41) is 9.66. The molecule has 0 radical (unpaired) electrons. The zero-order valence-electron chi connectivity index (χ0n) is 12.1. The van der Waals surface area contributed by atoms with Crippen molar-refractivity contribution < 1.29 is 5.11 Å². The third-order valence-electron chi connectivity index (χ3n) is 3.64. The summed E-state index contributed by atoms with van der Waals surface area (Å²) in [6.07, 6.45) is 2.07. The van der Waals surface area contributed by atoms with E-state index in [0.717, 1.165) is 29.6 Å². The molecule has 0 aliphatic heterocycles. The largest absolute Gasteiger partial charge is 0.399 e. The zero-order valence-corrected chi connectivity index (χ0v) is 12.1. The van der Waals surface area contributed by atoms with E-state index in [2.05, 4.69) is 24.0 Å². The number of imidazole rings is 1. The lowest BCUT2D eigenvalue weighted by Crippen LogP contribution is -2.04. The van der Waals surface area contributed by atoms with E-state index in [9.17, 15) is 5.11 Å². The second-order valence-corrected chi connectivity index (χ2v) is 5.15. The second-order valence-electron chi connectivity index (χ2n) is 5.15. The maximum atomic E-state index is 9.66. The Labute approximate surface area is 123 Å². The van der Waals surface area contributed by atoms with E-state index in [1.165, 1.54) is 5.56 Å². The molecule has 3 aromatic rings. The van der Waals surface area contributed by atoms with E-state index >= 15 is 0 Å². The minimum Gasteiger partial charge on any atom is -0.399 e. The molecular weight excluding hydrogens is 262 g/mol. The van der Waals surface area contributed by atoms with Gasteiger partial charge in [0.1, 0.15) is 12.4 Å². The van der Waals surface area contributed by atoms with Crippen LogP contribution in [0.2, 0.25) is 0 Å². The fraction of sp³-hybridized carbons (Fsp3) is 0.235. The first kappa shape index (κ1) is 13.6. The summed E-state index contributed by atoms with van der Waals surface area (Å²) >= 11 is 0. The number of nitrogens with two attached hydrogens (primary N) is 1. The van der Waals surface area contributed by atoms with Crippen LogP contribution in [0.1, 0.15) is 24.7 Å². The van der Waals surface area contributed by atoms with E-state index in [4.69, 9.17) is 5.73 Å². The SMILES string of the molecule is CCCc1ccccc1-n1c(CO)nc2cc(N)ccc21. The van der Waals surface area contributed by atoms with Gasteiger partial charge in [0.2, 0.25) is 0 Å². The van der Waals surface area contributed by atoms with Gasteiger partial charge in [-0.15, -0.1) is 0 Å². The number of para-hydroxylation sites is 1. The van der Waals surface area contributed by atoms with Crippen LogP contribution in [-0.2, 0) is 13.0 Å². The molecule has 1 heterocycles. The quantitative estimate of drug-likeness (QED) is 0.722. The molecule has 0 fully saturated rings. The van der Waals surface area contributed by atoms with Gasteiger partial charge in [-0.2, -0.15) is 0 Å². The Morgan fingerprint density at radius 3 is 2.76 bits per heavy atom. The zero-order chi connectivity index (χ0) is 14.8. The van der Waals surface area contributed by atoms with Crippen LogP contribution < -0.4 is 5.73 Å². The topological polar surface area (TPSA) is 64.1 Å².